The van der Waals surface area contributed by atoms with E-state index in [1.807, 2.05) is 0 Å². The predicted octanol–water partition coefficient (Wildman–Crippen LogP) is 2.70. The topological polar surface area (TPSA) is 0 Å². The lowest BCUT2D eigenvalue weighted by Crippen LogP contribution is -2.34. The molecule has 1 aromatic rings. The maximum Gasteiger partial charge on any atom is 0.105 e. The Morgan fingerprint density at radius 2 is 1.41 bits per heavy atom. The molecule has 0 fully saturated rings. The first-order valence-electron chi connectivity index (χ1n) is 5.95. The van der Waals surface area contributed by atoms with E-state index in [-0.39, 0.29) is 0 Å². The molecule has 96 valence electrons. The maximum absolute atomic E-state index is 2.46. The predicted molar refractivity (Wildman–Crippen MR) is 82.6 cm³/mol. The first kappa shape index (κ1) is 14.9. The highest BCUT2D eigenvalue weighted by molar-refractivity contribution is 14.1. The largest absolute Gasteiger partial charge is 0.327 e. The van der Waals surface area contributed by atoms with E-state index >= 15 is 0 Å². The minimum Gasteiger partial charge on any atom is -0.327 e. The quantitative estimate of drug-likeness (QED) is 0.581. The molecule has 0 amide bonds. The first-order chi connectivity index (χ1) is 7.57. The maximum atomic E-state index is 2.46. The molecule has 1 aromatic carbocycles. The summed E-state index contributed by atoms with van der Waals surface area (Å²) >= 11 is 2.46. The molecule has 0 spiro atoms. The summed E-state index contributed by atoms with van der Waals surface area (Å²) in [5.41, 5.74) is 2.87. The zero-order valence-electron chi connectivity index (χ0n) is 11.9. The smallest absolute Gasteiger partial charge is 0.105 e. The Balaban J connectivity index is 2.87. The molecule has 0 saturated heterocycles. The standard InChI is InChI=1S/C14H25IN2/c1-16(2,3)10-12-7-8-13(14(15)9-12)11-17(4,5)6/h7-9H,10-11H2,1-6H3/q+2/i15-2. The molecule has 0 radical (unpaired) electrons. The van der Waals surface area contributed by atoms with Crippen molar-refractivity contribution in [2.24, 2.45) is 0 Å². The van der Waals surface area contributed by atoms with Crippen molar-refractivity contribution in [3.05, 3.63) is 32.9 Å². The van der Waals surface area contributed by atoms with Gasteiger partial charge < -0.3 is 8.97 Å². The zero-order valence-corrected chi connectivity index (χ0v) is 14.1. The first-order valence-corrected chi connectivity index (χ1v) is 7.03. The van der Waals surface area contributed by atoms with Gasteiger partial charge in [-0.15, -0.1) is 0 Å². The number of quaternary nitrogens is 2. The van der Waals surface area contributed by atoms with Gasteiger partial charge in [-0.25, -0.2) is 0 Å². The Kier molecular flexibility index (Phi) is 4.60. The van der Waals surface area contributed by atoms with Crippen LogP contribution in [0.1, 0.15) is 11.1 Å². The van der Waals surface area contributed by atoms with Crippen molar-refractivity contribution in [3.63, 3.8) is 0 Å². The van der Waals surface area contributed by atoms with Crippen LogP contribution in [0, 0.1) is 3.57 Å². The molecule has 0 unspecified atom stereocenters. The average molecular weight is 346 g/mol. The SMILES string of the molecule is C[N+](C)(C)Cc1ccc(C[N+](C)(C)C)c([125I])c1. The van der Waals surface area contributed by atoms with Gasteiger partial charge in [-0.1, -0.05) is 12.1 Å². The fraction of sp³-hybridized carbons (Fsp3) is 0.571. The molecule has 17 heavy (non-hydrogen) atoms. The molecular weight excluding hydrogens is 321 g/mol. The Hall–Kier alpha value is -0.130. The van der Waals surface area contributed by atoms with Gasteiger partial charge in [0.1, 0.15) is 13.1 Å². The second-order valence-electron chi connectivity index (χ2n) is 6.82. The van der Waals surface area contributed by atoms with Crippen LogP contribution >= 0.6 is 22.6 Å². The zero-order chi connectivity index (χ0) is 13.3. The molecule has 0 N–H and O–H groups in total. The Labute approximate surface area is 120 Å². The lowest BCUT2D eigenvalue weighted by molar-refractivity contribution is -0.884. The summed E-state index contributed by atoms with van der Waals surface area (Å²) in [6.45, 7) is 2.17. The van der Waals surface area contributed by atoms with E-state index in [0.717, 1.165) is 22.1 Å². The second kappa shape index (κ2) is 5.24. The third-order valence-electron chi connectivity index (χ3n) is 2.42. The number of rotatable bonds is 4. The molecule has 0 bridgehead atoms. The number of hydrogen-bond donors (Lipinski definition) is 0. The van der Waals surface area contributed by atoms with Gasteiger partial charge in [-0.3, -0.25) is 0 Å². The Morgan fingerprint density at radius 3 is 1.82 bits per heavy atom. The van der Waals surface area contributed by atoms with Crippen LogP contribution in [0.3, 0.4) is 0 Å². The van der Waals surface area contributed by atoms with Crippen LogP contribution in [0.2, 0.25) is 0 Å². The highest BCUT2D eigenvalue weighted by atomic mass is 125. The van der Waals surface area contributed by atoms with Crippen LogP contribution in [-0.4, -0.2) is 51.3 Å². The molecule has 0 atom stereocenters. The molecule has 2 nitrogen and oxygen atoms in total. The molecule has 3 heteroatoms. The highest BCUT2D eigenvalue weighted by Gasteiger charge is 2.14. The molecule has 0 heterocycles. The number of hydrogen-bond acceptors (Lipinski definition) is 0. The highest BCUT2D eigenvalue weighted by Crippen LogP contribution is 2.19. The van der Waals surface area contributed by atoms with Crippen molar-refractivity contribution >= 4 is 22.6 Å². The van der Waals surface area contributed by atoms with Crippen molar-refractivity contribution in [2.45, 2.75) is 13.1 Å². The van der Waals surface area contributed by atoms with Crippen molar-refractivity contribution in [1.82, 2.24) is 0 Å². The van der Waals surface area contributed by atoms with Crippen LogP contribution in [0.15, 0.2) is 18.2 Å². The average Bonchev–Trinajstić information content (AvgIpc) is 2.05. The van der Waals surface area contributed by atoms with E-state index in [2.05, 4.69) is 83.1 Å². The van der Waals surface area contributed by atoms with Gasteiger partial charge in [0.2, 0.25) is 0 Å². The monoisotopic (exact) mass is 346 g/mol. The van der Waals surface area contributed by atoms with Crippen molar-refractivity contribution in [2.75, 3.05) is 42.3 Å². The molecule has 0 aliphatic heterocycles. The fourth-order valence-electron chi connectivity index (χ4n) is 1.88. The van der Waals surface area contributed by atoms with Gasteiger partial charge in [-0.05, 0) is 28.7 Å². The van der Waals surface area contributed by atoms with Gasteiger partial charge in [0.05, 0.1) is 42.3 Å². The minimum atomic E-state index is 0.977. The molecule has 0 aliphatic rings. The Bertz CT molecular complexity index is 386. The summed E-state index contributed by atoms with van der Waals surface area (Å²) in [6.07, 6.45) is 0. The Morgan fingerprint density at radius 1 is 0.882 bits per heavy atom. The lowest BCUT2D eigenvalue weighted by atomic mass is 10.1. The van der Waals surface area contributed by atoms with Gasteiger partial charge in [-0.2, -0.15) is 0 Å². The number of benzene rings is 1. The van der Waals surface area contributed by atoms with Gasteiger partial charge >= 0.3 is 0 Å². The summed E-state index contributed by atoms with van der Waals surface area (Å²) in [4.78, 5) is 0. The third-order valence-corrected chi connectivity index (χ3v) is 3.42. The van der Waals surface area contributed by atoms with Crippen LogP contribution in [-0.2, 0) is 13.1 Å². The van der Waals surface area contributed by atoms with Crippen LogP contribution in [0.5, 0.6) is 0 Å². The van der Waals surface area contributed by atoms with Gasteiger partial charge in [0.15, 0.2) is 0 Å². The normalized spacial score (nSPS) is 12.9. The molecule has 0 saturated carbocycles. The summed E-state index contributed by atoms with van der Waals surface area (Å²) in [6, 6.07) is 6.89. The van der Waals surface area contributed by atoms with Crippen molar-refractivity contribution in [3.8, 4) is 0 Å². The van der Waals surface area contributed by atoms with Gasteiger partial charge in [0, 0.05) is 14.7 Å². The van der Waals surface area contributed by atoms with E-state index in [1.165, 1.54) is 14.7 Å². The van der Waals surface area contributed by atoms with Crippen molar-refractivity contribution in [1.29, 1.82) is 0 Å². The second-order valence-corrected chi connectivity index (χ2v) is 7.98. The lowest BCUT2D eigenvalue weighted by Gasteiger charge is -2.26. The molecular formula is C14H25IN2+2. The summed E-state index contributed by atoms with van der Waals surface area (Å²) in [5, 5.41) is 0. The summed E-state index contributed by atoms with van der Waals surface area (Å²) in [5.74, 6) is 0. The van der Waals surface area contributed by atoms with Crippen LogP contribution in [0.4, 0.5) is 0 Å². The molecule has 1 rings (SSSR count). The van der Waals surface area contributed by atoms with Crippen LogP contribution in [0.25, 0.3) is 0 Å². The summed E-state index contributed by atoms with van der Waals surface area (Å²) < 4.78 is 3.34. The van der Waals surface area contributed by atoms with Crippen molar-refractivity contribution < 1.29 is 8.97 Å². The molecule has 0 aromatic heterocycles. The van der Waals surface area contributed by atoms with E-state index in [1.54, 1.807) is 0 Å². The summed E-state index contributed by atoms with van der Waals surface area (Å²) in [7, 11) is 13.4. The fourth-order valence-corrected chi connectivity index (χ4v) is 2.63. The minimum absolute atomic E-state index is 0.977. The third kappa shape index (κ3) is 5.84. The van der Waals surface area contributed by atoms with Crippen LogP contribution < -0.4 is 0 Å². The van der Waals surface area contributed by atoms with Gasteiger partial charge in [0.25, 0.3) is 0 Å². The van der Waals surface area contributed by atoms with E-state index < -0.39 is 0 Å². The molecule has 0 aliphatic carbocycles. The number of nitrogens with zero attached hydrogens (tertiary/aromatic N) is 2. The van der Waals surface area contributed by atoms with E-state index in [0.29, 0.717) is 0 Å². The van der Waals surface area contributed by atoms with E-state index in [4.69, 9.17) is 0 Å². The van der Waals surface area contributed by atoms with E-state index in [9.17, 15) is 0 Å². The number of halogens is 1.